The van der Waals surface area contributed by atoms with Crippen LogP contribution in [0.15, 0.2) is 34.8 Å². The number of carbonyl (C=O) groups excluding carboxylic acids is 1. The van der Waals surface area contributed by atoms with Gasteiger partial charge in [-0.05, 0) is 48.6 Å². The lowest BCUT2D eigenvalue weighted by molar-refractivity contribution is -0.142. The van der Waals surface area contributed by atoms with Gasteiger partial charge in [0.25, 0.3) is 0 Å². The Kier molecular flexibility index (Phi) is 5.29. The quantitative estimate of drug-likeness (QED) is 0.700. The fourth-order valence-electron chi connectivity index (χ4n) is 3.55. The molecule has 2 aromatic carbocycles. The molecule has 2 aliphatic rings. The summed E-state index contributed by atoms with van der Waals surface area (Å²) < 4.78 is 26.6. The van der Waals surface area contributed by atoms with Gasteiger partial charge in [-0.1, -0.05) is 22.0 Å². The van der Waals surface area contributed by atoms with Crippen LogP contribution in [0.3, 0.4) is 0 Å². The Hall–Kier alpha value is -2.12. The summed E-state index contributed by atoms with van der Waals surface area (Å²) in [5, 5.41) is 11.1. The van der Waals surface area contributed by atoms with E-state index in [9.17, 15) is 14.3 Å². The molecular formula is C21H21BrFNO4. The van der Waals surface area contributed by atoms with Crippen molar-refractivity contribution >= 4 is 27.6 Å². The number of carbonyl (C=O) groups is 1. The first-order chi connectivity index (χ1) is 13.5. The Morgan fingerprint density at radius 3 is 2.89 bits per heavy atom. The normalized spacial score (nSPS) is 18.9. The molecule has 0 saturated heterocycles. The maximum absolute atomic E-state index is 14.9. The van der Waals surface area contributed by atoms with Gasteiger partial charge in [-0.3, -0.25) is 4.79 Å². The maximum Gasteiger partial charge on any atom is 0.302 e. The van der Waals surface area contributed by atoms with Crippen molar-refractivity contribution in [3.63, 3.8) is 0 Å². The lowest BCUT2D eigenvalue weighted by atomic mass is 10.0. The van der Waals surface area contributed by atoms with Crippen LogP contribution >= 0.6 is 15.9 Å². The van der Waals surface area contributed by atoms with E-state index in [2.05, 4.69) is 15.9 Å². The molecule has 28 heavy (non-hydrogen) atoms. The van der Waals surface area contributed by atoms with Crippen molar-refractivity contribution in [2.75, 3.05) is 18.1 Å². The van der Waals surface area contributed by atoms with E-state index in [-0.39, 0.29) is 12.2 Å². The van der Waals surface area contributed by atoms with E-state index in [4.69, 9.17) is 9.47 Å². The molecule has 0 spiro atoms. The summed E-state index contributed by atoms with van der Waals surface area (Å²) >= 11 is 3.48. The third-order valence-corrected chi connectivity index (χ3v) is 5.87. The van der Waals surface area contributed by atoms with Crippen molar-refractivity contribution in [3.05, 3.63) is 57.3 Å². The lowest BCUT2D eigenvalue weighted by Crippen LogP contribution is -2.31. The molecule has 1 aliphatic heterocycles. The van der Waals surface area contributed by atoms with Gasteiger partial charge in [0, 0.05) is 22.6 Å². The second-order valence-electron chi connectivity index (χ2n) is 7.12. The van der Waals surface area contributed by atoms with Gasteiger partial charge >= 0.3 is 5.97 Å². The van der Waals surface area contributed by atoms with Crippen molar-refractivity contribution in [2.24, 2.45) is 0 Å². The molecule has 1 fully saturated rings. The molecule has 1 saturated carbocycles. The topological polar surface area (TPSA) is 59.0 Å². The van der Waals surface area contributed by atoms with E-state index in [1.807, 2.05) is 24.3 Å². The van der Waals surface area contributed by atoms with Gasteiger partial charge in [-0.2, -0.15) is 0 Å². The molecule has 5 nitrogen and oxygen atoms in total. The summed E-state index contributed by atoms with van der Waals surface area (Å²) in [7, 11) is 0. The highest BCUT2D eigenvalue weighted by Crippen LogP contribution is 2.45. The van der Waals surface area contributed by atoms with Crippen molar-refractivity contribution in [1.29, 1.82) is 0 Å². The maximum atomic E-state index is 14.9. The molecule has 0 aromatic heterocycles. The average Bonchev–Trinajstić information content (AvgIpc) is 3.48. The first-order valence-electron chi connectivity index (χ1n) is 9.27. The fourth-order valence-corrected chi connectivity index (χ4v) is 4.02. The largest absolute Gasteiger partial charge is 0.491 e. The highest BCUT2D eigenvalue weighted by molar-refractivity contribution is 9.10. The number of rotatable bonds is 4. The predicted octanol–water partition coefficient (Wildman–Crippen LogP) is 4.42. The number of ether oxygens (including phenoxy) is 2. The number of hydrogen-bond donors (Lipinski definition) is 1. The minimum atomic E-state index is -1.21. The molecule has 1 aliphatic carbocycles. The molecule has 7 heteroatoms. The molecular weight excluding hydrogens is 429 g/mol. The average molecular weight is 450 g/mol. The van der Waals surface area contributed by atoms with Crippen LogP contribution in [0.25, 0.3) is 0 Å². The predicted molar refractivity (Wildman–Crippen MR) is 106 cm³/mol. The first kappa shape index (κ1) is 19.2. The molecule has 0 amide bonds. The van der Waals surface area contributed by atoms with Crippen LogP contribution in [0.1, 0.15) is 48.6 Å². The molecule has 1 heterocycles. The number of hydrogen-bond acceptors (Lipinski definition) is 5. The highest BCUT2D eigenvalue weighted by atomic mass is 79.9. The van der Waals surface area contributed by atoms with E-state index < -0.39 is 18.0 Å². The van der Waals surface area contributed by atoms with E-state index in [1.165, 1.54) is 13.0 Å². The zero-order valence-corrected chi connectivity index (χ0v) is 17.0. The smallest absolute Gasteiger partial charge is 0.302 e. The summed E-state index contributed by atoms with van der Waals surface area (Å²) in [5.74, 6) is -0.0745. The molecule has 4 rings (SSSR count). The Balaban J connectivity index is 1.72. The minimum absolute atomic E-state index is 0.0477. The van der Waals surface area contributed by atoms with Gasteiger partial charge in [0.05, 0.1) is 12.1 Å². The molecule has 1 unspecified atom stereocenters. The zero-order valence-electron chi connectivity index (χ0n) is 15.5. The monoisotopic (exact) mass is 449 g/mol. The van der Waals surface area contributed by atoms with Crippen LogP contribution < -0.4 is 9.64 Å². The summed E-state index contributed by atoms with van der Waals surface area (Å²) in [6.07, 6.45) is 0.908. The van der Waals surface area contributed by atoms with Crippen molar-refractivity contribution in [2.45, 2.75) is 38.5 Å². The second kappa shape index (κ2) is 7.72. The summed E-state index contributed by atoms with van der Waals surface area (Å²) in [4.78, 5) is 12.9. The van der Waals surface area contributed by atoms with Crippen molar-refractivity contribution in [3.8, 4) is 5.75 Å². The Morgan fingerprint density at radius 2 is 2.18 bits per heavy atom. The number of esters is 1. The Bertz CT molecular complexity index is 916. The van der Waals surface area contributed by atoms with Crippen molar-refractivity contribution < 1.29 is 23.8 Å². The van der Waals surface area contributed by atoms with Gasteiger partial charge in [0.1, 0.15) is 24.8 Å². The molecule has 1 atom stereocenters. The fraction of sp³-hybridized carbons (Fsp3) is 0.381. The molecule has 0 bridgehead atoms. The van der Waals surface area contributed by atoms with Gasteiger partial charge in [-0.15, -0.1) is 0 Å². The van der Waals surface area contributed by atoms with Crippen LogP contribution in [-0.2, 0) is 16.1 Å². The second-order valence-corrected chi connectivity index (χ2v) is 7.98. The molecule has 148 valence electrons. The number of aliphatic hydroxyl groups excluding tert-OH is 1. The zero-order chi connectivity index (χ0) is 19.8. The van der Waals surface area contributed by atoms with Gasteiger partial charge in [-0.25, -0.2) is 4.39 Å². The number of benzene rings is 2. The number of nitrogens with zero attached hydrogens (tertiary/aromatic N) is 1. The summed E-state index contributed by atoms with van der Waals surface area (Å²) in [6, 6.07) is 8.83. The van der Waals surface area contributed by atoms with Crippen LogP contribution in [-0.4, -0.2) is 24.2 Å². The van der Waals surface area contributed by atoms with Gasteiger partial charge in [0.2, 0.25) is 0 Å². The van der Waals surface area contributed by atoms with Crippen LogP contribution in [0.2, 0.25) is 0 Å². The number of fused-ring (bicyclic) bond motifs is 1. The standard InChI is InChI=1S/C21H21BrFNO4/c1-12(25)28-11-15-16(22)3-2-4-18(15)24-7-8-27-19-10-14(13-5-6-13)9-17(23)20(19)21(24)26/h2-4,9-10,13,21,26H,5-8,11H2,1H3. The summed E-state index contributed by atoms with van der Waals surface area (Å²) in [5.41, 5.74) is 2.43. The number of anilines is 1. The number of halogens is 2. The Labute approximate surface area is 171 Å². The van der Waals surface area contributed by atoms with Gasteiger partial charge in [0.15, 0.2) is 6.23 Å². The molecule has 0 radical (unpaired) electrons. The minimum Gasteiger partial charge on any atom is -0.491 e. The lowest BCUT2D eigenvalue weighted by Gasteiger charge is -2.30. The third kappa shape index (κ3) is 3.73. The summed E-state index contributed by atoms with van der Waals surface area (Å²) in [6.45, 7) is 2.05. The first-order valence-corrected chi connectivity index (χ1v) is 10.1. The number of aliphatic hydroxyl groups is 1. The van der Waals surface area contributed by atoms with Gasteiger partial charge < -0.3 is 19.5 Å². The van der Waals surface area contributed by atoms with Crippen molar-refractivity contribution in [1.82, 2.24) is 0 Å². The van der Waals surface area contributed by atoms with E-state index in [0.29, 0.717) is 36.1 Å². The van der Waals surface area contributed by atoms with Crippen LogP contribution in [0, 0.1) is 5.82 Å². The SMILES string of the molecule is CC(=O)OCc1c(Br)cccc1N1CCOc2cc(C3CC3)cc(F)c2C1O. The van der Waals surface area contributed by atoms with E-state index >= 15 is 0 Å². The third-order valence-electron chi connectivity index (χ3n) is 5.13. The molecule has 1 N–H and O–H groups in total. The molecule has 2 aromatic rings. The van der Waals surface area contributed by atoms with Crippen LogP contribution in [0.5, 0.6) is 5.75 Å². The Morgan fingerprint density at radius 1 is 1.39 bits per heavy atom. The highest BCUT2D eigenvalue weighted by Gasteiger charge is 2.32. The van der Waals surface area contributed by atoms with Crippen LogP contribution in [0.4, 0.5) is 10.1 Å². The van der Waals surface area contributed by atoms with E-state index in [1.54, 1.807) is 4.90 Å². The van der Waals surface area contributed by atoms with E-state index in [0.717, 1.165) is 22.9 Å².